The van der Waals surface area contributed by atoms with E-state index in [2.05, 4.69) is 20.6 Å². The zero-order valence-electron chi connectivity index (χ0n) is 18.6. The van der Waals surface area contributed by atoms with E-state index in [1.807, 2.05) is 43.3 Å². The van der Waals surface area contributed by atoms with Crippen LogP contribution < -0.4 is 15.6 Å². The molecule has 1 aromatic carbocycles. The van der Waals surface area contributed by atoms with Crippen LogP contribution in [-0.4, -0.2) is 58.0 Å². The minimum Gasteiger partial charge on any atom is -0.491 e. The van der Waals surface area contributed by atoms with Crippen molar-refractivity contribution in [3.63, 3.8) is 0 Å². The Kier molecular flexibility index (Phi) is 7.41. The monoisotopic (exact) mass is 498 g/mol. The third kappa shape index (κ3) is 5.90. The van der Waals surface area contributed by atoms with Gasteiger partial charge in [0.2, 0.25) is 0 Å². The molecule has 0 aliphatic heterocycles. The number of H-pyrrole nitrogens is 1. The van der Waals surface area contributed by atoms with Crippen molar-refractivity contribution in [2.24, 2.45) is 0 Å². The average Bonchev–Trinajstić information content (AvgIpc) is 3.48. The van der Waals surface area contributed by atoms with Crippen LogP contribution in [0, 0.1) is 0 Å². The summed E-state index contributed by atoms with van der Waals surface area (Å²) in [5.74, 6) is 0.391. The smallest absolute Gasteiger partial charge is 0.261 e. The van der Waals surface area contributed by atoms with Gasteiger partial charge in [0.25, 0.3) is 11.5 Å². The SMILES string of the molecule is CN(C)CCOc1c[nH]c(=O)c(-c2ccc(-n3cc(CNC(=O)c4ccc(Cl)s4)nn3)cc2)c1. The molecule has 0 spiro atoms. The summed E-state index contributed by atoms with van der Waals surface area (Å²) in [7, 11) is 3.94. The summed E-state index contributed by atoms with van der Waals surface area (Å²) in [6, 6.07) is 12.5. The quantitative estimate of drug-likeness (QED) is 0.367. The predicted octanol–water partition coefficient (Wildman–Crippen LogP) is 3.21. The van der Waals surface area contributed by atoms with E-state index in [9.17, 15) is 9.59 Å². The summed E-state index contributed by atoms with van der Waals surface area (Å²) in [6.07, 6.45) is 3.31. The number of likely N-dealkylation sites (N-methyl/N-ethyl adjacent to an activating group) is 1. The maximum absolute atomic E-state index is 12.4. The molecule has 9 nitrogen and oxygen atoms in total. The Morgan fingerprint density at radius 3 is 2.74 bits per heavy atom. The van der Waals surface area contributed by atoms with Gasteiger partial charge >= 0.3 is 0 Å². The molecule has 0 bridgehead atoms. The Balaban J connectivity index is 1.42. The van der Waals surface area contributed by atoms with Crippen LogP contribution in [-0.2, 0) is 6.54 Å². The van der Waals surface area contributed by atoms with E-state index in [4.69, 9.17) is 16.3 Å². The number of aromatic amines is 1. The molecule has 176 valence electrons. The van der Waals surface area contributed by atoms with Crippen molar-refractivity contribution in [2.45, 2.75) is 6.54 Å². The van der Waals surface area contributed by atoms with Gasteiger partial charge in [-0.15, -0.1) is 16.4 Å². The topological polar surface area (TPSA) is 105 Å². The summed E-state index contributed by atoms with van der Waals surface area (Å²) >= 11 is 7.09. The molecule has 0 saturated heterocycles. The lowest BCUT2D eigenvalue weighted by molar-refractivity contribution is 0.0954. The predicted molar refractivity (Wildman–Crippen MR) is 132 cm³/mol. The lowest BCUT2D eigenvalue weighted by Crippen LogP contribution is -2.21. The highest BCUT2D eigenvalue weighted by molar-refractivity contribution is 7.17. The number of hydrogen-bond acceptors (Lipinski definition) is 7. The first-order valence-electron chi connectivity index (χ1n) is 10.4. The van der Waals surface area contributed by atoms with Crippen molar-refractivity contribution in [3.8, 4) is 22.6 Å². The minimum absolute atomic E-state index is 0.196. The van der Waals surface area contributed by atoms with E-state index in [0.29, 0.717) is 32.8 Å². The molecule has 0 atom stereocenters. The Morgan fingerprint density at radius 2 is 2.03 bits per heavy atom. The van der Waals surface area contributed by atoms with Crippen molar-refractivity contribution in [1.82, 2.24) is 30.2 Å². The molecule has 0 aliphatic rings. The summed E-state index contributed by atoms with van der Waals surface area (Å²) in [5, 5.41) is 11.0. The van der Waals surface area contributed by atoms with Gasteiger partial charge in [-0.25, -0.2) is 4.68 Å². The van der Waals surface area contributed by atoms with E-state index in [1.54, 1.807) is 35.3 Å². The number of rotatable bonds is 9. The van der Waals surface area contributed by atoms with Crippen LogP contribution in [0.1, 0.15) is 15.4 Å². The van der Waals surface area contributed by atoms with E-state index in [-0.39, 0.29) is 18.0 Å². The molecule has 3 heterocycles. The Hall–Kier alpha value is -3.47. The number of aromatic nitrogens is 4. The number of nitrogens with one attached hydrogen (secondary N) is 2. The number of carbonyl (C=O) groups excluding carboxylic acids is 1. The van der Waals surface area contributed by atoms with Crippen LogP contribution in [0.4, 0.5) is 0 Å². The number of nitrogens with zero attached hydrogens (tertiary/aromatic N) is 4. The fourth-order valence-corrected chi connectivity index (χ4v) is 4.06. The number of thiophene rings is 1. The number of halogens is 1. The molecule has 0 radical (unpaired) electrons. The highest BCUT2D eigenvalue weighted by atomic mass is 35.5. The summed E-state index contributed by atoms with van der Waals surface area (Å²) in [6.45, 7) is 1.53. The largest absolute Gasteiger partial charge is 0.491 e. The molecule has 11 heteroatoms. The summed E-state index contributed by atoms with van der Waals surface area (Å²) in [5.41, 5.74) is 2.46. The number of hydrogen-bond donors (Lipinski definition) is 2. The first kappa shape index (κ1) is 23.7. The van der Waals surface area contributed by atoms with Crippen molar-refractivity contribution in [3.05, 3.63) is 80.1 Å². The highest BCUT2D eigenvalue weighted by Gasteiger charge is 2.11. The molecule has 2 N–H and O–H groups in total. The zero-order valence-corrected chi connectivity index (χ0v) is 20.2. The first-order valence-corrected chi connectivity index (χ1v) is 11.6. The van der Waals surface area contributed by atoms with Gasteiger partial charge in [-0.05, 0) is 50.0 Å². The molecule has 0 saturated carbocycles. The Bertz CT molecular complexity index is 1330. The molecule has 0 aliphatic carbocycles. The van der Waals surface area contributed by atoms with Crippen molar-refractivity contribution >= 4 is 28.8 Å². The fourth-order valence-electron chi connectivity index (χ4n) is 3.10. The molecule has 0 fully saturated rings. The fraction of sp³-hybridized carbons (Fsp3) is 0.217. The van der Waals surface area contributed by atoms with E-state index in [0.717, 1.165) is 17.8 Å². The van der Waals surface area contributed by atoms with Gasteiger partial charge in [0, 0.05) is 12.7 Å². The first-order chi connectivity index (χ1) is 16.4. The molecule has 34 heavy (non-hydrogen) atoms. The number of carbonyl (C=O) groups is 1. The molecule has 4 aromatic rings. The van der Waals surface area contributed by atoms with Gasteiger partial charge in [-0.3, -0.25) is 9.59 Å². The van der Waals surface area contributed by atoms with Crippen LogP contribution in [0.15, 0.2) is 59.7 Å². The normalized spacial score (nSPS) is 11.1. The van der Waals surface area contributed by atoms with Gasteiger partial charge in [0.15, 0.2) is 0 Å². The maximum atomic E-state index is 12.4. The van der Waals surface area contributed by atoms with Crippen LogP contribution in [0.2, 0.25) is 4.34 Å². The third-order valence-corrected chi connectivity index (χ3v) is 6.12. The second-order valence-electron chi connectivity index (χ2n) is 7.72. The average molecular weight is 499 g/mol. The maximum Gasteiger partial charge on any atom is 0.261 e. The Morgan fingerprint density at radius 1 is 1.24 bits per heavy atom. The van der Waals surface area contributed by atoms with E-state index >= 15 is 0 Å². The molecule has 0 unspecified atom stereocenters. The number of benzene rings is 1. The summed E-state index contributed by atoms with van der Waals surface area (Å²) < 4.78 is 7.90. The third-order valence-electron chi connectivity index (χ3n) is 4.89. The van der Waals surface area contributed by atoms with Crippen molar-refractivity contribution < 1.29 is 9.53 Å². The van der Waals surface area contributed by atoms with Gasteiger partial charge in [0.1, 0.15) is 18.1 Å². The molecule has 3 aromatic heterocycles. The van der Waals surface area contributed by atoms with Crippen LogP contribution in [0.5, 0.6) is 5.75 Å². The van der Waals surface area contributed by atoms with Gasteiger partial charge < -0.3 is 19.9 Å². The van der Waals surface area contributed by atoms with Crippen LogP contribution >= 0.6 is 22.9 Å². The van der Waals surface area contributed by atoms with Gasteiger partial charge in [0.05, 0.1) is 33.2 Å². The lowest BCUT2D eigenvalue weighted by atomic mass is 10.1. The van der Waals surface area contributed by atoms with Crippen LogP contribution in [0.3, 0.4) is 0 Å². The highest BCUT2D eigenvalue weighted by Crippen LogP contribution is 2.22. The van der Waals surface area contributed by atoms with Crippen LogP contribution in [0.25, 0.3) is 16.8 Å². The van der Waals surface area contributed by atoms with Crippen molar-refractivity contribution in [2.75, 3.05) is 27.2 Å². The molecule has 1 amide bonds. The standard InChI is InChI=1S/C23H23ClN6O3S/c1-29(2)9-10-33-18-11-19(22(31)26-13-18)15-3-5-17(6-4-15)30-14-16(27-28-30)12-25-23(32)20-7-8-21(24)34-20/h3-8,11,13-14H,9-10,12H2,1-2H3,(H,25,32)(H,26,31). The molecular weight excluding hydrogens is 476 g/mol. The number of pyridine rings is 1. The lowest BCUT2D eigenvalue weighted by Gasteiger charge is -2.11. The van der Waals surface area contributed by atoms with E-state index in [1.165, 1.54) is 11.3 Å². The number of ether oxygens (including phenoxy) is 1. The van der Waals surface area contributed by atoms with E-state index < -0.39 is 0 Å². The zero-order chi connectivity index (χ0) is 24.1. The van der Waals surface area contributed by atoms with Crippen molar-refractivity contribution in [1.29, 1.82) is 0 Å². The second-order valence-corrected chi connectivity index (χ2v) is 9.43. The second kappa shape index (κ2) is 10.6. The molecule has 4 rings (SSSR count). The molecular formula is C23H23ClN6O3S. The minimum atomic E-state index is -0.214. The van der Waals surface area contributed by atoms with Gasteiger partial charge in [-0.2, -0.15) is 0 Å². The van der Waals surface area contributed by atoms with Gasteiger partial charge in [-0.1, -0.05) is 28.9 Å². The number of amides is 1. The Labute approximate surface area is 204 Å². The summed E-state index contributed by atoms with van der Waals surface area (Å²) in [4.78, 5) is 29.8.